The van der Waals surface area contributed by atoms with E-state index in [0.717, 1.165) is 10.9 Å². The number of halogens is 1. The molecule has 0 atom stereocenters. The first kappa shape index (κ1) is 12.5. The van der Waals surface area contributed by atoms with Crippen LogP contribution < -0.4 is 0 Å². The zero-order valence-electron chi connectivity index (χ0n) is 8.98. The van der Waals surface area contributed by atoms with E-state index in [-0.39, 0.29) is 6.61 Å². The van der Waals surface area contributed by atoms with Crippen molar-refractivity contribution in [2.24, 2.45) is 0 Å². The minimum absolute atomic E-state index is 0.230. The number of aliphatic carboxylic acids is 1. The van der Waals surface area contributed by atoms with E-state index in [1.165, 1.54) is 15.6 Å². The summed E-state index contributed by atoms with van der Waals surface area (Å²) in [6.45, 7) is 0.205. The van der Waals surface area contributed by atoms with Crippen LogP contribution in [0, 0.1) is 0 Å². The average Bonchev–Trinajstić information content (AvgIpc) is 2.69. The van der Waals surface area contributed by atoms with Gasteiger partial charge < -0.3 is 9.84 Å². The molecule has 0 radical (unpaired) electrons. The first-order chi connectivity index (χ1) is 8.18. The number of carboxylic acids is 1. The van der Waals surface area contributed by atoms with Crippen LogP contribution in [-0.2, 0) is 16.0 Å². The van der Waals surface area contributed by atoms with E-state index in [2.05, 4.69) is 27.4 Å². The number of thiophene rings is 1. The van der Waals surface area contributed by atoms with Crippen LogP contribution in [0.25, 0.3) is 10.1 Å². The van der Waals surface area contributed by atoms with Gasteiger partial charge in [-0.05, 0) is 44.7 Å². The molecule has 0 saturated heterocycles. The number of ether oxygens (including phenoxy) is 1. The highest BCUT2D eigenvalue weighted by Crippen LogP contribution is 2.32. The number of hydrogen-bond donors (Lipinski definition) is 1. The van der Waals surface area contributed by atoms with Gasteiger partial charge in [0.05, 0.1) is 6.61 Å². The molecule has 1 aromatic heterocycles. The second kappa shape index (κ2) is 5.62. The van der Waals surface area contributed by atoms with Gasteiger partial charge in [0.25, 0.3) is 0 Å². The summed E-state index contributed by atoms with van der Waals surface area (Å²) in [6, 6.07) is 6.09. The molecule has 3 nitrogen and oxygen atoms in total. The fourth-order valence-corrected chi connectivity index (χ4v) is 3.27. The van der Waals surface area contributed by atoms with Crippen molar-refractivity contribution in [1.82, 2.24) is 0 Å². The molecule has 90 valence electrons. The first-order valence-electron chi connectivity index (χ1n) is 5.12. The quantitative estimate of drug-likeness (QED) is 0.861. The van der Waals surface area contributed by atoms with Gasteiger partial charge in [0.1, 0.15) is 6.61 Å². The van der Waals surface area contributed by atoms with Crippen molar-refractivity contribution in [2.75, 3.05) is 13.2 Å². The lowest BCUT2D eigenvalue weighted by atomic mass is 10.1. The van der Waals surface area contributed by atoms with Crippen molar-refractivity contribution in [2.45, 2.75) is 6.42 Å². The molecule has 0 saturated carbocycles. The molecular formula is C12H11BrO3S. The molecule has 2 rings (SSSR count). The maximum absolute atomic E-state index is 10.3. The Morgan fingerprint density at radius 1 is 1.47 bits per heavy atom. The van der Waals surface area contributed by atoms with E-state index in [1.54, 1.807) is 11.3 Å². The molecule has 0 spiro atoms. The minimum Gasteiger partial charge on any atom is -0.480 e. The van der Waals surface area contributed by atoms with Gasteiger partial charge >= 0.3 is 5.97 Å². The van der Waals surface area contributed by atoms with Gasteiger partial charge in [-0.3, -0.25) is 0 Å². The molecule has 1 heterocycles. The van der Waals surface area contributed by atoms with E-state index in [9.17, 15) is 4.79 Å². The first-order valence-corrected chi connectivity index (χ1v) is 6.80. The van der Waals surface area contributed by atoms with Crippen molar-refractivity contribution >= 4 is 43.3 Å². The highest BCUT2D eigenvalue weighted by molar-refractivity contribution is 9.10. The fraction of sp³-hybridized carbons (Fsp3) is 0.250. The molecule has 0 bridgehead atoms. The summed E-state index contributed by atoms with van der Waals surface area (Å²) in [5.74, 6) is -0.928. The molecule has 5 heteroatoms. The average molecular weight is 315 g/mol. The molecule has 0 aliphatic rings. The molecule has 0 fully saturated rings. The van der Waals surface area contributed by atoms with Crippen LogP contribution >= 0.6 is 27.3 Å². The summed E-state index contributed by atoms with van der Waals surface area (Å²) in [4.78, 5) is 10.3. The van der Waals surface area contributed by atoms with Crippen molar-refractivity contribution in [3.05, 3.63) is 33.6 Å². The zero-order chi connectivity index (χ0) is 12.3. The van der Waals surface area contributed by atoms with Gasteiger partial charge in [0.15, 0.2) is 0 Å². The molecule has 0 aliphatic heterocycles. The van der Waals surface area contributed by atoms with E-state index < -0.39 is 5.97 Å². The van der Waals surface area contributed by atoms with Crippen LogP contribution in [0.1, 0.15) is 5.56 Å². The van der Waals surface area contributed by atoms with Crippen molar-refractivity contribution in [1.29, 1.82) is 0 Å². The molecule has 17 heavy (non-hydrogen) atoms. The maximum atomic E-state index is 10.3. The molecular weight excluding hydrogens is 304 g/mol. The molecule has 0 aliphatic carbocycles. The Bertz CT molecular complexity index is 536. The van der Waals surface area contributed by atoms with Gasteiger partial charge in [0, 0.05) is 9.17 Å². The highest BCUT2D eigenvalue weighted by atomic mass is 79.9. The number of carbonyl (C=O) groups is 1. The van der Waals surface area contributed by atoms with Gasteiger partial charge in [0.2, 0.25) is 0 Å². The summed E-state index contributed by atoms with van der Waals surface area (Å²) in [6.07, 6.45) is 0.740. The molecule has 1 aromatic carbocycles. The molecule has 0 unspecified atom stereocenters. The Kier molecular flexibility index (Phi) is 4.15. The molecule has 2 aromatic rings. The standard InChI is InChI=1S/C12H11BrO3S/c13-10-3-1-2-9-8(7-17-12(9)10)4-5-16-6-11(14)15/h1-3,7H,4-6H2,(H,14,15). The Labute approximate surface area is 111 Å². The normalized spacial score (nSPS) is 10.9. The third kappa shape index (κ3) is 3.06. The lowest BCUT2D eigenvalue weighted by molar-refractivity contribution is -0.142. The minimum atomic E-state index is -0.928. The number of hydrogen-bond acceptors (Lipinski definition) is 3. The highest BCUT2D eigenvalue weighted by Gasteiger charge is 2.06. The van der Waals surface area contributed by atoms with Gasteiger partial charge in [-0.25, -0.2) is 4.79 Å². The lowest BCUT2D eigenvalue weighted by Crippen LogP contribution is -2.08. The van der Waals surface area contributed by atoms with Crippen LogP contribution in [0.3, 0.4) is 0 Å². The van der Waals surface area contributed by atoms with E-state index in [4.69, 9.17) is 9.84 Å². The number of benzene rings is 1. The predicted octanol–water partition coefficient (Wildman–Crippen LogP) is 3.31. The lowest BCUT2D eigenvalue weighted by Gasteiger charge is -2.01. The van der Waals surface area contributed by atoms with Crippen LogP contribution in [0.2, 0.25) is 0 Å². The smallest absolute Gasteiger partial charge is 0.329 e. The van der Waals surface area contributed by atoms with E-state index >= 15 is 0 Å². The van der Waals surface area contributed by atoms with Gasteiger partial charge in [-0.1, -0.05) is 12.1 Å². The topological polar surface area (TPSA) is 46.5 Å². The third-order valence-corrected chi connectivity index (χ3v) is 4.37. The third-order valence-electron chi connectivity index (χ3n) is 2.37. The predicted molar refractivity (Wildman–Crippen MR) is 71.7 cm³/mol. The fourth-order valence-electron chi connectivity index (χ4n) is 1.61. The Morgan fingerprint density at radius 3 is 3.06 bits per heavy atom. The summed E-state index contributed by atoms with van der Waals surface area (Å²) >= 11 is 5.20. The summed E-state index contributed by atoms with van der Waals surface area (Å²) in [5, 5.41) is 11.8. The number of fused-ring (bicyclic) bond motifs is 1. The SMILES string of the molecule is O=C(O)COCCc1csc2c(Br)cccc12. The van der Waals surface area contributed by atoms with Crippen molar-refractivity contribution in [3.63, 3.8) is 0 Å². The zero-order valence-corrected chi connectivity index (χ0v) is 11.4. The van der Waals surface area contributed by atoms with Crippen molar-refractivity contribution < 1.29 is 14.6 Å². The Hall–Kier alpha value is -0.910. The summed E-state index contributed by atoms with van der Waals surface area (Å²) < 4.78 is 7.36. The Morgan fingerprint density at radius 2 is 2.29 bits per heavy atom. The van der Waals surface area contributed by atoms with E-state index in [0.29, 0.717) is 6.61 Å². The monoisotopic (exact) mass is 314 g/mol. The van der Waals surface area contributed by atoms with Crippen LogP contribution in [0.15, 0.2) is 28.1 Å². The maximum Gasteiger partial charge on any atom is 0.329 e. The second-order valence-corrected chi connectivity index (χ2v) is 5.31. The van der Waals surface area contributed by atoms with Gasteiger partial charge in [-0.15, -0.1) is 11.3 Å². The number of carboxylic acid groups (broad SMARTS) is 1. The van der Waals surface area contributed by atoms with Crippen molar-refractivity contribution in [3.8, 4) is 0 Å². The van der Waals surface area contributed by atoms with Gasteiger partial charge in [-0.2, -0.15) is 0 Å². The summed E-state index contributed by atoms with van der Waals surface area (Å²) in [5.41, 5.74) is 1.21. The molecule has 0 amide bonds. The number of rotatable bonds is 5. The second-order valence-electron chi connectivity index (χ2n) is 3.57. The Balaban J connectivity index is 2.04. The van der Waals surface area contributed by atoms with E-state index in [1.807, 2.05) is 12.1 Å². The van der Waals surface area contributed by atoms with Crippen LogP contribution in [0.4, 0.5) is 0 Å². The van der Waals surface area contributed by atoms with Crippen LogP contribution in [-0.4, -0.2) is 24.3 Å². The molecule has 1 N–H and O–H groups in total. The largest absolute Gasteiger partial charge is 0.480 e. The summed E-state index contributed by atoms with van der Waals surface area (Å²) in [7, 11) is 0. The van der Waals surface area contributed by atoms with Crippen LogP contribution in [0.5, 0.6) is 0 Å².